The summed E-state index contributed by atoms with van der Waals surface area (Å²) in [7, 11) is 0. The van der Waals surface area contributed by atoms with E-state index in [-0.39, 0.29) is 23.1 Å². The van der Waals surface area contributed by atoms with Crippen LogP contribution in [0.25, 0.3) is 6.08 Å². The average molecular weight is 435 g/mol. The zero-order chi connectivity index (χ0) is 20.8. The van der Waals surface area contributed by atoms with Gasteiger partial charge in [-0.1, -0.05) is 42.6 Å². The lowest BCUT2D eigenvalue weighted by Crippen LogP contribution is -2.35. The molecule has 6 nitrogen and oxygen atoms in total. The van der Waals surface area contributed by atoms with Crippen molar-refractivity contribution in [3.63, 3.8) is 0 Å². The van der Waals surface area contributed by atoms with E-state index in [1.165, 1.54) is 12.1 Å². The zero-order valence-corrected chi connectivity index (χ0v) is 17.3. The number of rotatable bonds is 7. The van der Waals surface area contributed by atoms with Gasteiger partial charge in [0.25, 0.3) is 11.8 Å². The van der Waals surface area contributed by atoms with Gasteiger partial charge in [-0.3, -0.25) is 9.59 Å². The van der Waals surface area contributed by atoms with Crippen LogP contribution in [0.2, 0.25) is 10.0 Å². The second kappa shape index (κ2) is 9.67. The Labute approximate surface area is 178 Å². The first-order valence-corrected chi connectivity index (χ1v) is 9.89. The molecular formula is C21H20Cl2N2O4. The first kappa shape index (κ1) is 21.0. The molecule has 0 saturated carbocycles. The minimum Gasteiger partial charge on any atom is -0.454 e. The van der Waals surface area contributed by atoms with E-state index >= 15 is 0 Å². The third kappa shape index (κ3) is 5.43. The SMILES string of the molecule is CCCCNC(=O)/C(=C/c1ccc2c(c1)OCO2)NC(=O)c1ccc(Cl)cc1Cl. The highest BCUT2D eigenvalue weighted by Gasteiger charge is 2.18. The molecular weight excluding hydrogens is 415 g/mol. The van der Waals surface area contributed by atoms with Crippen molar-refractivity contribution in [1.29, 1.82) is 0 Å². The molecule has 1 aliphatic rings. The molecule has 0 spiro atoms. The smallest absolute Gasteiger partial charge is 0.267 e. The maximum Gasteiger partial charge on any atom is 0.267 e. The van der Waals surface area contributed by atoms with Crippen molar-refractivity contribution in [2.24, 2.45) is 0 Å². The van der Waals surface area contributed by atoms with Gasteiger partial charge >= 0.3 is 0 Å². The van der Waals surface area contributed by atoms with Crippen LogP contribution >= 0.6 is 23.2 Å². The van der Waals surface area contributed by atoms with Crippen LogP contribution in [0.5, 0.6) is 11.5 Å². The van der Waals surface area contributed by atoms with Crippen molar-refractivity contribution in [3.05, 3.63) is 63.3 Å². The number of carbonyl (C=O) groups is 2. The molecule has 0 aliphatic carbocycles. The van der Waals surface area contributed by atoms with Crippen LogP contribution < -0.4 is 20.1 Å². The Balaban J connectivity index is 1.86. The Morgan fingerprint density at radius 2 is 1.90 bits per heavy atom. The highest BCUT2D eigenvalue weighted by molar-refractivity contribution is 6.36. The summed E-state index contributed by atoms with van der Waals surface area (Å²) in [5.74, 6) is 0.309. The van der Waals surface area contributed by atoms with Gasteiger partial charge in [0.1, 0.15) is 5.70 Å². The van der Waals surface area contributed by atoms with Crippen LogP contribution in [0.1, 0.15) is 35.7 Å². The molecule has 2 aromatic rings. The number of benzene rings is 2. The topological polar surface area (TPSA) is 76.7 Å². The normalized spacial score (nSPS) is 12.6. The molecule has 0 aromatic heterocycles. The van der Waals surface area contributed by atoms with Crippen LogP contribution in [0, 0.1) is 0 Å². The molecule has 29 heavy (non-hydrogen) atoms. The minimum absolute atomic E-state index is 0.0935. The Morgan fingerprint density at radius 3 is 2.66 bits per heavy atom. The van der Waals surface area contributed by atoms with Gasteiger partial charge in [0.15, 0.2) is 11.5 Å². The molecule has 8 heteroatoms. The first-order chi connectivity index (χ1) is 14.0. The zero-order valence-electron chi connectivity index (χ0n) is 15.8. The maximum absolute atomic E-state index is 12.7. The quantitative estimate of drug-likeness (QED) is 0.499. The van der Waals surface area contributed by atoms with E-state index in [9.17, 15) is 9.59 Å². The molecule has 3 rings (SSSR count). The van der Waals surface area contributed by atoms with Crippen LogP contribution in [0.4, 0.5) is 0 Å². The van der Waals surface area contributed by atoms with Gasteiger partial charge in [-0.2, -0.15) is 0 Å². The lowest BCUT2D eigenvalue weighted by Gasteiger charge is -2.12. The molecule has 2 amide bonds. The molecule has 0 saturated heterocycles. The second-order valence-electron chi connectivity index (χ2n) is 6.36. The lowest BCUT2D eigenvalue weighted by molar-refractivity contribution is -0.117. The fraction of sp³-hybridized carbons (Fsp3) is 0.238. The maximum atomic E-state index is 12.7. The van der Waals surface area contributed by atoms with E-state index in [0.717, 1.165) is 12.8 Å². The number of ether oxygens (including phenoxy) is 2. The summed E-state index contributed by atoms with van der Waals surface area (Å²) in [6, 6.07) is 9.80. The minimum atomic E-state index is -0.510. The molecule has 0 fully saturated rings. The van der Waals surface area contributed by atoms with Crippen molar-refractivity contribution < 1.29 is 19.1 Å². The Kier molecular flexibility index (Phi) is 7.01. The summed E-state index contributed by atoms with van der Waals surface area (Å²) in [6.07, 6.45) is 3.35. The van der Waals surface area contributed by atoms with Gasteiger partial charge in [0.05, 0.1) is 10.6 Å². The fourth-order valence-electron chi connectivity index (χ4n) is 2.67. The third-order valence-electron chi connectivity index (χ3n) is 4.19. The number of fused-ring (bicyclic) bond motifs is 1. The summed E-state index contributed by atoms with van der Waals surface area (Å²) in [4.78, 5) is 25.4. The Morgan fingerprint density at radius 1 is 1.10 bits per heavy atom. The number of amides is 2. The summed E-state index contributed by atoms with van der Waals surface area (Å²) in [5, 5.41) is 6.07. The van der Waals surface area contributed by atoms with Gasteiger partial charge in [0.2, 0.25) is 6.79 Å². The van der Waals surface area contributed by atoms with E-state index in [2.05, 4.69) is 10.6 Å². The van der Waals surface area contributed by atoms with Crippen molar-refractivity contribution in [3.8, 4) is 11.5 Å². The van der Waals surface area contributed by atoms with E-state index in [0.29, 0.717) is 28.6 Å². The van der Waals surface area contributed by atoms with Crippen LogP contribution in [0.15, 0.2) is 42.1 Å². The summed E-state index contributed by atoms with van der Waals surface area (Å²) in [5.41, 5.74) is 0.988. The molecule has 0 radical (unpaired) electrons. The van der Waals surface area contributed by atoms with Crippen LogP contribution in [-0.2, 0) is 4.79 Å². The number of hydrogen-bond acceptors (Lipinski definition) is 4. The van der Waals surface area contributed by atoms with Gasteiger partial charge in [-0.25, -0.2) is 0 Å². The van der Waals surface area contributed by atoms with Gasteiger partial charge in [0, 0.05) is 11.6 Å². The van der Waals surface area contributed by atoms with Crippen molar-refractivity contribution in [2.75, 3.05) is 13.3 Å². The largest absolute Gasteiger partial charge is 0.454 e. The predicted octanol–water partition coefficient (Wildman–Crippen LogP) is 4.41. The summed E-state index contributed by atoms with van der Waals surface area (Å²) in [6.45, 7) is 2.68. The number of carbonyl (C=O) groups excluding carboxylic acids is 2. The monoisotopic (exact) mass is 434 g/mol. The molecule has 2 N–H and O–H groups in total. The second-order valence-corrected chi connectivity index (χ2v) is 7.20. The Hall–Kier alpha value is -2.70. The Bertz CT molecular complexity index is 960. The van der Waals surface area contributed by atoms with Crippen molar-refractivity contribution in [2.45, 2.75) is 19.8 Å². The highest BCUT2D eigenvalue weighted by atomic mass is 35.5. The predicted molar refractivity (Wildman–Crippen MR) is 112 cm³/mol. The van der Waals surface area contributed by atoms with Gasteiger partial charge in [-0.05, 0) is 48.4 Å². The van der Waals surface area contributed by atoms with Crippen molar-refractivity contribution >= 4 is 41.1 Å². The lowest BCUT2D eigenvalue weighted by atomic mass is 10.1. The molecule has 2 aromatic carbocycles. The van der Waals surface area contributed by atoms with Crippen molar-refractivity contribution in [1.82, 2.24) is 10.6 Å². The number of hydrogen-bond donors (Lipinski definition) is 2. The third-order valence-corrected chi connectivity index (χ3v) is 4.74. The van der Waals surface area contributed by atoms with E-state index in [1.54, 1.807) is 30.3 Å². The molecule has 1 heterocycles. The standard InChI is InChI=1S/C21H20Cl2N2O4/c1-2-3-8-24-21(27)17(9-13-4-7-18-19(10-13)29-12-28-18)25-20(26)15-6-5-14(22)11-16(15)23/h4-7,9-11H,2-3,8,12H2,1H3,(H,24,27)(H,25,26)/b17-9-. The van der Waals surface area contributed by atoms with Crippen LogP contribution in [0.3, 0.4) is 0 Å². The van der Waals surface area contributed by atoms with Gasteiger partial charge < -0.3 is 20.1 Å². The number of halogens is 2. The average Bonchev–Trinajstić information content (AvgIpc) is 3.15. The van der Waals surface area contributed by atoms with Crippen LogP contribution in [-0.4, -0.2) is 25.2 Å². The summed E-state index contributed by atoms with van der Waals surface area (Å²) >= 11 is 12.0. The molecule has 0 atom stereocenters. The van der Waals surface area contributed by atoms with E-state index in [4.69, 9.17) is 32.7 Å². The van der Waals surface area contributed by atoms with E-state index in [1.807, 2.05) is 6.92 Å². The number of unbranched alkanes of at least 4 members (excludes halogenated alkanes) is 1. The van der Waals surface area contributed by atoms with Gasteiger partial charge in [-0.15, -0.1) is 0 Å². The highest BCUT2D eigenvalue weighted by Crippen LogP contribution is 2.33. The molecule has 1 aliphatic heterocycles. The molecule has 152 valence electrons. The molecule has 0 bridgehead atoms. The fourth-order valence-corrected chi connectivity index (χ4v) is 3.16. The number of nitrogens with one attached hydrogen (secondary N) is 2. The first-order valence-electron chi connectivity index (χ1n) is 9.14. The summed E-state index contributed by atoms with van der Waals surface area (Å²) < 4.78 is 10.7. The van der Waals surface area contributed by atoms with E-state index < -0.39 is 11.8 Å². The molecule has 0 unspecified atom stereocenters.